The highest BCUT2D eigenvalue weighted by Crippen LogP contribution is 2.47. The molecule has 0 aromatic heterocycles. The van der Waals surface area contributed by atoms with Gasteiger partial charge in [-0.25, -0.2) is 0 Å². The summed E-state index contributed by atoms with van der Waals surface area (Å²) in [5.74, 6) is 1.64. The lowest BCUT2D eigenvalue weighted by atomic mass is 9.92. The zero-order valence-corrected chi connectivity index (χ0v) is 16.4. The molecule has 6 rings (SSSR count). The minimum absolute atomic E-state index is 0.781. The maximum Gasteiger partial charge on any atom is 0.135 e. The van der Waals surface area contributed by atoms with Crippen LogP contribution in [0.3, 0.4) is 0 Å². The molecule has 2 aliphatic rings. The molecule has 4 aromatic carbocycles. The molecule has 0 amide bonds. The number of anilines is 2. The van der Waals surface area contributed by atoms with E-state index in [0.29, 0.717) is 0 Å². The van der Waals surface area contributed by atoms with E-state index in [9.17, 15) is 0 Å². The highest BCUT2D eigenvalue weighted by molar-refractivity contribution is 5.98. The molecule has 0 saturated carbocycles. The maximum absolute atomic E-state index is 6.27. The second-order valence-corrected chi connectivity index (χ2v) is 7.55. The fourth-order valence-electron chi connectivity index (χ4n) is 4.35. The van der Waals surface area contributed by atoms with Crippen molar-refractivity contribution in [2.45, 2.75) is 0 Å². The molecule has 2 heteroatoms. The molecule has 142 valence electrons. The van der Waals surface area contributed by atoms with Crippen LogP contribution in [0.5, 0.6) is 5.75 Å². The van der Waals surface area contributed by atoms with Gasteiger partial charge in [-0.2, -0.15) is 0 Å². The Morgan fingerprint density at radius 2 is 1.53 bits per heavy atom. The fourth-order valence-corrected chi connectivity index (χ4v) is 4.35. The predicted octanol–water partition coefficient (Wildman–Crippen LogP) is 7.46. The average Bonchev–Trinajstić information content (AvgIpc) is 2.91. The standard InChI is InChI=1S/C28H19NO/c1-19-26-14-7-17-29(22-16-15-20-8-2-3-9-21(20)18-22)25-12-6-11-24(28(19)25)23-10-4-5-13-27(23)30-26/h2-18H,1H2/b17-7-,26-14+. The molecule has 2 aliphatic heterocycles. The second-order valence-electron chi connectivity index (χ2n) is 7.55. The predicted molar refractivity (Wildman–Crippen MR) is 125 cm³/mol. The summed E-state index contributed by atoms with van der Waals surface area (Å²) in [5.41, 5.74) is 6.42. The Labute approximate surface area is 175 Å². The summed E-state index contributed by atoms with van der Waals surface area (Å²) in [6.45, 7) is 4.42. The number of nitrogens with zero attached hydrogens (tertiary/aromatic N) is 1. The lowest BCUT2D eigenvalue weighted by molar-refractivity contribution is 0.453. The molecule has 2 bridgehead atoms. The Bertz CT molecular complexity index is 1390. The molecule has 0 atom stereocenters. The van der Waals surface area contributed by atoms with E-state index in [4.69, 9.17) is 4.74 Å². The Kier molecular flexibility index (Phi) is 3.65. The fraction of sp³-hybridized carbons (Fsp3) is 0. The minimum Gasteiger partial charge on any atom is -0.456 e. The largest absolute Gasteiger partial charge is 0.456 e. The maximum atomic E-state index is 6.27. The summed E-state index contributed by atoms with van der Waals surface area (Å²) in [4.78, 5) is 2.23. The first-order chi connectivity index (χ1) is 14.8. The van der Waals surface area contributed by atoms with Crippen LogP contribution in [0.4, 0.5) is 11.4 Å². The molecule has 0 N–H and O–H groups in total. The van der Waals surface area contributed by atoms with Gasteiger partial charge in [0.05, 0.1) is 5.69 Å². The van der Waals surface area contributed by atoms with E-state index in [1.165, 1.54) is 10.8 Å². The third-order valence-corrected chi connectivity index (χ3v) is 5.79. The van der Waals surface area contributed by atoms with Crippen LogP contribution in [-0.4, -0.2) is 0 Å². The molecule has 2 heterocycles. The highest BCUT2D eigenvalue weighted by Gasteiger charge is 2.26. The van der Waals surface area contributed by atoms with E-state index >= 15 is 0 Å². The monoisotopic (exact) mass is 385 g/mol. The van der Waals surface area contributed by atoms with Gasteiger partial charge >= 0.3 is 0 Å². The van der Waals surface area contributed by atoms with Gasteiger partial charge in [-0.1, -0.05) is 67.2 Å². The zero-order valence-electron chi connectivity index (χ0n) is 16.4. The van der Waals surface area contributed by atoms with Crippen LogP contribution in [-0.2, 0) is 0 Å². The number of benzene rings is 4. The van der Waals surface area contributed by atoms with Gasteiger partial charge in [-0.05, 0) is 52.8 Å². The summed E-state index contributed by atoms with van der Waals surface area (Å²) < 4.78 is 6.27. The smallest absolute Gasteiger partial charge is 0.135 e. The van der Waals surface area contributed by atoms with Crippen molar-refractivity contribution in [1.29, 1.82) is 0 Å². The first-order valence-corrected chi connectivity index (χ1v) is 10.1. The van der Waals surface area contributed by atoms with E-state index < -0.39 is 0 Å². The van der Waals surface area contributed by atoms with Crippen molar-refractivity contribution in [2.24, 2.45) is 0 Å². The summed E-state index contributed by atoms with van der Waals surface area (Å²) in [7, 11) is 0. The molecule has 0 saturated heterocycles. The van der Waals surface area contributed by atoms with Crippen LogP contribution >= 0.6 is 0 Å². The van der Waals surface area contributed by atoms with Crippen molar-refractivity contribution in [3.63, 3.8) is 0 Å². The van der Waals surface area contributed by atoms with Gasteiger partial charge < -0.3 is 9.64 Å². The Hall–Kier alpha value is -4.04. The summed E-state index contributed by atoms with van der Waals surface area (Å²) in [6.07, 6.45) is 6.12. The third-order valence-electron chi connectivity index (χ3n) is 5.79. The normalized spacial score (nSPS) is 17.1. The first kappa shape index (κ1) is 16.9. The molecule has 0 unspecified atom stereocenters. The van der Waals surface area contributed by atoms with Gasteiger partial charge in [-0.3, -0.25) is 0 Å². The summed E-state index contributed by atoms with van der Waals surface area (Å²) >= 11 is 0. The van der Waals surface area contributed by atoms with Crippen molar-refractivity contribution < 1.29 is 4.74 Å². The molecule has 0 spiro atoms. The van der Waals surface area contributed by atoms with Gasteiger partial charge in [0, 0.05) is 28.6 Å². The Morgan fingerprint density at radius 3 is 2.47 bits per heavy atom. The van der Waals surface area contributed by atoms with E-state index in [1.807, 2.05) is 24.3 Å². The number of hydrogen-bond acceptors (Lipinski definition) is 2. The first-order valence-electron chi connectivity index (χ1n) is 10.1. The zero-order chi connectivity index (χ0) is 20.1. The van der Waals surface area contributed by atoms with Crippen LogP contribution in [0.2, 0.25) is 0 Å². The quantitative estimate of drug-likeness (QED) is 0.337. The molecule has 30 heavy (non-hydrogen) atoms. The number of fused-ring (bicyclic) bond motifs is 4. The lowest BCUT2D eigenvalue weighted by Gasteiger charge is -2.27. The average molecular weight is 385 g/mol. The van der Waals surface area contributed by atoms with E-state index in [-0.39, 0.29) is 0 Å². The number of allylic oxidation sites excluding steroid dienone is 3. The van der Waals surface area contributed by atoms with Crippen molar-refractivity contribution in [3.8, 4) is 16.9 Å². The molecular weight excluding hydrogens is 366 g/mol. The van der Waals surface area contributed by atoms with Crippen molar-refractivity contribution in [2.75, 3.05) is 4.90 Å². The third kappa shape index (κ3) is 2.51. The van der Waals surface area contributed by atoms with Crippen LogP contribution < -0.4 is 9.64 Å². The van der Waals surface area contributed by atoms with E-state index in [1.54, 1.807) is 0 Å². The highest BCUT2D eigenvalue weighted by atomic mass is 16.5. The van der Waals surface area contributed by atoms with Crippen molar-refractivity contribution in [3.05, 3.63) is 121 Å². The molecule has 4 aromatic rings. The molecule has 0 fully saturated rings. The minimum atomic E-state index is 0.781. The SMILES string of the molecule is C=C1/C2=C\C=C/N(c3ccc4ccccc4c3)c3cccc(c31)-c1ccccc1O2. The second kappa shape index (κ2) is 6.50. The Balaban J connectivity index is 1.64. The van der Waals surface area contributed by atoms with Crippen LogP contribution in [0.25, 0.3) is 27.5 Å². The van der Waals surface area contributed by atoms with Crippen LogP contribution in [0.1, 0.15) is 5.56 Å². The van der Waals surface area contributed by atoms with Crippen molar-refractivity contribution >= 4 is 27.7 Å². The van der Waals surface area contributed by atoms with Gasteiger partial charge in [0.25, 0.3) is 0 Å². The summed E-state index contributed by atoms with van der Waals surface area (Å²) in [6, 6.07) is 29.6. The topological polar surface area (TPSA) is 12.5 Å². The van der Waals surface area contributed by atoms with Gasteiger partial charge in [0.2, 0.25) is 0 Å². The van der Waals surface area contributed by atoms with Crippen molar-refractivity contribution in [1.82, 2.24) is 0 Å². The van der Waals surface area contributed by atoms with E-state index in [2.05, 4.69) is 90.5 Å². The van der Waals surface area contributed by atoms with Crippen LogP contribution in [0.15, 0.2) is 116 Å². The van der Waals surface area contributed by atoms with Crippen LogP contribution in [0, 0.1) is 0 Å². The molecule has 0 aliphatic carbocycles. The molecular formula is C28H19NO. The van der Waals surface area contributed by atoms with Gasteiger partial charge in [0.15, 0.2) is 0 Å². The molecule has 0 radical (unpaired) electrons. The lowest BCUT2D eigenvalue weighted by Crippen LogP contribution is -2.13. The molecule has 2 nitrogen and oxygen atoms in total. The number of hydrogen-bond donors (Lipinski definition) is 0. The summed E-state index contributed by atoms with van der Waals surface area (Å²) in [5, 5.41) is 2.45. The number of ether oxygens (including phenoxy) is 1. The van der Waals surface area contributed by atoms with Gasteiger partial charge in [0.1, 0.15) is 11.5 Å². The van der Waals surface area contributed by atoms with E-state index in [0.717, 1.165) is 45.1 Å². The number of para-hydroxylation sites is 1. The number of rotatable bonds is 1. The Morgan fingerprint density at radius 1 is 0.733 bits per heavy atom. The van der Waals surface area contributed by atoms with Gasteiger partial charge in [-0.15, -0.1) is 0 Å².